The lowest BCUT2D eigenvalue weighted by molar-refractivity contribution is 0.568. The fourth-order valence-electron chi connectivity index (χ4n) is 1.66. The van der Waals surface area contributed by atoms with Crippen molar-refractivity contribution in [1.82, 2.24) is 14.9 Å². The van der Waals surface area contributed by atoms with Crippen LogP contribution in [0, 0.1) is 0 Å². The number of hydrogen-bond donors (Lipinski definition) is 1. The fraction of sp³-hybridized carbons (Fsp3) is 0.500. The van der Waals surface area contributed by atoms with Gasteiger partial charge in [-0.25, -0.2) is 4.98 Å². The van der Waals surface area contributed by atoms with Gasteiger partial charge in [-0.3, -0.25) is 9.36 Å². The summed E-state index contributed by atoms with van der Waals surface area (Å²) < 4.78 is 2.43. The Balaban J connectivity index is 1.99. The molecule has 2 aromatic rings. The molecule has 0 saturated carbocycles. The van der Waals surface area contributed by atoms with Crippen molar-refractivity contribution in [2.45, 2.75) is 26.3 Å². The van der Waals surface area contributed by atoms with Crippen LogP contribution in [0.5, 0.6) is 0 Å². The van der Waals surface area contributed by atoms with Crippen molar-refractivity contribution >= 4 is 21.6 Å². The second kappa shape index (κ2) is 5.93. The molecule has 0 aliphatic heterocycles. The van der Waals surface area contributed by atoms with Gasteiger partial charge in [0.1, 0.15) is 4.70 Å². The van der Waals surface area contributed by atoms with Gasteiger partial charge in [0.05, 0.1) is 11.8 Å². The summed E-state index contributed by atoms with van der Waals surface area (Å²) >= 11 is 1.46. The largest absolute Gasteiger partial charge is 0.315 e. The molecule has 0 spiro atoms. The van der Waals surface area contributed by atoms with Crippen LogP contribution in [-0.4, -0.2) is 22.6 Å². The Morgan fingerprint density at radius 2 is 2.35 bits per heavy atom. The maximum atomic E-state index is 12.0. The molecule has 0 radical (unpaired) electrons. The van der Waals surface area contributed by atoms with E-state index in [2.05, 4.69) is 17.2 Å². The number of nitrogens with zero attached hydrogens (tertiary/aromatic N) is 2. The van der Waals surface area contributed by atoms with Crippen LogP contribution in [0.25, 0.3) is 10.2 Å². The third-order valence-corrected chi connectivity index (χ3v) is 3.56. The third kappa shape index (κ3) is 2.92. The molecule has 0 bridgehead atoms. The highest BCUT2D eigenvalue weighted by molar-refractivity contribution is 7.17. The predicted molar refractivity (Wildman–Crippen MR) is 71.7 cm³/mol. The summed E-state index contributed by atoms with van der Waals surface area (Å²) in [5, 5.41) is 5.23. The fourth-order valence-corrected chi connectivity index (χ4v) is 2.46. The normalized spacial score (nSPS) is 11.1. The Morgan fingerprint density at radius 1 is 1.47 bits per heavy atom. The zero-order chi connectivity index (χ0) is 12.1. The zero-order valence-electron chi connectivity index (χ0n) is 9.98. The minimum atomic E-state index is 0.0716. The van der Waals surface area contributed by atoms with Crippen molar-refractivity contribution in [2.75, 3.05) is 13.1 Å². The lowest BCUT2D eigenvalue weighted by Gasteiger charge is -2.06. The van der Waals surface area contributed by atoms with Gasteiger partial charge in [0.25, 0.3) is 5.56 Å². The predicted octanol–water partition coefficient (Wildman–Crippen LogP) is 1.85. The van der Waals surface area contributed by atoms with E-state index in [1.807, 2.05) is 11.4 Å². The standard InChI is InChI=1S/C12H17N3OS/c1-2-3-5-13-6-7-15-9-14-10-4-8-17-11(10)12(15)16/h4,8-9,13H,2-3,5-7H2,1H3. The number of nitrogens with one attached hydrogen (secondary N) is 1. The van der Waals surface area contributed by atoms with Crippen LogP contribution in [0.2, 0.25) is 0 Å². The molecule has 17 heavy (non-hydrogen) atoms. The number of fused-ring (bicyclic) bond motifs is 1. The molecule has 4 nitrogen and oxygen atoms in total. The SMILES string of the molecule is CCCCNCCn1cnc2ccsc2c1=O. The maximum absolute atomic E-state index is 12.0. The van der Waals surface area contributed by atoms with Crippen molar-refractivity contribution in [3.8, 4) is 0 Å². The Kier molecular flexibility index (Phi) is 4.28. The van der Waals surface area contributed by atoms with E-state index in [1.54, 1.807) is 10.9 Å². The summed E-state index contributed by atoms with van der Waals surface area (Å²) in [5.74, 6) is 0. The van der Waals surface area contributed by atoms with Crippen LogP contribution in [0.3, 0.4) is 0 Å². The van der Waals surface area contributed by atoms with Crippen LogP contribution in [0.15, 0.2) is 22.6 Å². The number of thiophene rings is 1. The first-order chi connectivity index (χ1) is 8.33. The van der Waals surface area contributed by atoms with E-state index in [1.165, 1.54) is 24.2 Å². The van der Waals surface area contributed by atoms with Crippen LogP contribution < -0.4 is 10.9 Å². The number of rotatable bonds is 6. The van der Waals surface area contributed by atoms with E-state index in [9.17, 15) is 4.79 Å². The molecule has 0 atom stereocenters. The molecule has 0 aliphatic rings. The quantitative estimate of drug-likeness (QED) is 0.797. The average Bonchev–Trinajstić information content (AvgIpc) is 2.80. The highest BCUT2D eigenvalue weighted by Crippen LogP contribution is 2.12. The van der Waals surface area contributed by atoms with Gasteiger partial charge in [-0.1, -0.05) is 13.3 Å². The monoisotopic (exact) mass is 251 g/mol. The smallest absolute Gasteiger partial charge is 0.271 e. The summed E-state index contributed by atoms with van der Waals surface area (Å²) in [6, 6.07) is 1.88. The first kappa shape index (κ1) is 12.3. The third-order valence-electron chi connectivity index (χ3n) is 2.67. The number of hydrogen-bond acceptors (Lipinski definition) is 4. The molecular formula is C12H17N3OS. The Morgan fingerprint density at radius 3 is 3.18 bits per heavy atom. The Labute approximate surface area is 104 Å². The van der Waals surface area contributed by atoms with E-state index in [0.717, 1.165) is 23.3 Å². The molecule has 2 aromatic heterocycles. The molecule has 92 valence electrons. The maximum Gasteiger partial charge on any atom is 0.271 e. The van der Waals surface area contributed by atoms with Crippen molar-refractivity contribution in [2.24, 2.45) is 0 Å². The van der Waals surface area contributed by atoms with Crippen LogP contribution in [0.1, 0.15) is 19.8 Å². The molecule has 2 rings (SSSR count). The lowest BCUT2D eigenvalue weighted by Crippen LogP contribution is -2.27. The molecule has 0 aliphatic carbocycles. The second-order valence-electron chi connectivity index (χ2n) is 3.98. The van der Waals surface area contributed by atoms with Gasteiger partial charge >= 0.3 is 0 Å². The molecule has 2 heterocycles. The van der Waals surface area contributed by atoms with Crippen LogP contribution >= 0.6 is 11.3 Å². The van der Waals surface area contributed by atoms with Crippen LogP contribution in [-0.2, 0) is 6.54 Å². The van der Waals surface area contributed by atoms with Gasteiger partial charge in [0.2, 0.25) is 0 Å². The van der Waals surface area contributed by atoms with Crippen molar-refractivity contribution in [3.05, 3.63) is 28.1 Å². The van der Waals surface area contributed by atoms with Gasteiger partial charge < -0.3 is 5.32 Å². The van der Waals surface area contributed by atoms with E-state index in [0.29, 0.717) is 6.54 Å². The van der Waals surface area contributed by atoms with Gasteiger partial charge in [-0.15, -0.1) is 11.3 Å². The van der Waals surface area contributed by atoms with Crippen molar-refractivity contribution in [3.63, 3.8) is 0 Å². The zero-order valence-corrected chi connectivity index (χ0v) is 10.8. The van der Waals surface area contributed by atoms with E-state index < -0.39 is 0 Å². The van der Waals surface area contributed by atoms with Gasteiger partial charge in [0.15, 0.2) is 0 Å². The highest BCUT2D eigenvalue weighted by Gasteiger charge is 2.04. The molecule has 5 heteroatoms. The topological polar surface area (TPSA) is 46.9 Å². The molecule has 0 amide bonds. The second-order valence-corrected chi connectivity index (χ2v) is 4.90. The summed E-state index contributed by atoms with van der Waals surface area (Å²) in [5.41, 5.74) is 0.873. The highest BCUT2D eigenvalue weighted by atomic mass is 32.1. The number of unbranched alkanes of at least 4 members (excludes halogenated alkanes) is 1. The Bertz CT molecular complexity index is 532. The van der Waals surface area contributed by atoms with E-state index >= 15 is 0 Å². The molecule has 0 unspecified atom stereocenters. The summed E-state index contributed by atoms with van der Waals surface area (Å²) in [6.45, 7) is 4.68. The molecule has 1 N–H and O–H groups in total. The van der Waals surface area contributed by atoms with Gasteiger partial charge in [0, 0.05) is 13.1 Å². The summed E-state index contributed by atoms with van der Waals surface area (Å²) in [4.78, 5) is 16.3. The first-order valence-electron chi connectivity index (χ1n) is 5.96. The van der Waals surface area contributed by atoms with E-state index in [4.69, 9.17) is 0 Å². The minimum Gasteiger partial charge on any atom is -0.315 e. The lowest BCUT2D eigenvalue weighted by atomic mass is 10.3. The van der Waals surface area contributed by atoms with E-state index in [-0.39, 0.29) is 5.56 Å². The first-order valence-corrected chi connectivity index (χ1v) is 6.84. The average molecular weight is 251 g/mol. The molecule has 0 saturated heterocycles. The van der Waals surface area contributed by atoms with Crippen molar-refractivity contribution < 1.29 is 0 Å². The molecule has 0 aromatic carbocycles. The van der Waals surface area contributed by atoms with Gasteiger partial charge in [-0.2, -0.15) is 0 Å². The summed E-state index contributed by atoms with van der Waals surface area (Å²) in [6.07, 6.45) is 4.01. The minimum absolute atomic E-state index is 0.0716. The van der Waals surface area contributed by atoms with Gasteiger partial charge in [-0.05, 0) is 24.4 Å². The van der Waals surface area contributed by atoms with Crippen LogP contribution in [0.4, 0.5) is 0 Å². The molecular weight excluding hydrogens is 234 g/mol. The Hall–Kier alpha value is -1.20. The summed E-state index contributed by atoms with van der Waals surface area (Å²) in [7, 11) is 0. The number of aromatic nitrogens is 2. The molecule has 0 fully saturated rings. The van der Waals surface area contributed by atoms with Crippen molar-refractivity contribution in [1.29, 1.82) is 0 Å².